The second-order valence-electron chi connectivity index (χ2n) is 3.99. The first kappa shape index (κ1) is 12.9. The number of hydrogen-bond acceptors (Lipinski definition) is 4. The fourth-order valence-electron chi connectivity index (χ4n) is 1.51. The molecule has 0 aliphatic carbocycles. The van der Waals surface area contributed by atoms with Gasteiger partial charge in [-0.2, -0.15) is 5.10 Å². The number of hydrogen-bond donors (Lipinski definition) is 1. The van der Waals surface area contributed by atoms with Crippen molar-refractivity contribution < 1.29 is 8.42 Å². The van der Waals surface area contributed by atoms with Gasteiger partial charge in [-0.15, -0.1) is 0 Å². The maximum absolute atomic E-state index is 11.3. The lowest BCUT2D eigenvalue weighted by molar-refractivity contribution is 0.601. The standard InChI is InChI=1S/C11H12ClN3O2S/c1-18(16,17)10-5-14-15(7-10)6-8-4-9(12)2-3-11(8)13/h2-5,7H,6,13H2,1H3. The maximum Gasteiger partial charge on any atom is 0.178 e. The zero-order valence-electron chi connectivity index (χ0n) is 9.67. The van der Waals surface area contributed by atoms with Gasteiger partial charge in [0.05, 0.1) is 12.7 Å². The minimum absolute atomic E-state index is 0.183. The number of anilines is 1. The zero-order chi connectivity index (χ0) is 13.3. The quantitative estimate of drug-likeness (QED) is 0.868. The molecule has 0 atom stereocenters. The third kappa shape index (κ3) is 2.83. The van der Waals surface area contributed by atoms with Gasteiger partial charge in [-0.25, -0.2) is 8.42 Å². The number of benzene rings is 1. The van der Waals surface area contributed by atoms with Crippen molar-refractivity contribution in [1.82, 2.24) is 9.78 Å². The molecule has 96 valence electrons. The van der Waals surface area contributed by atoms with Crippen LogP contribution in [0.1, 0.15) is 5.56 Å². The van der Waals surface area contributed by atoms with E-state index in [-0.39, 0.29) is 4.90 Å². The van der Waals surface area contributed by atoms with E-state index in [1.54, 1.807) is 18.2 Å². The topological polar surface area (TPSA) is 78.0 Å². The van der Waals surface area contributed by atoms with Crippen LogP contribution in [-0.4, -0.2) is 24.5 Å². The molecule has 0 amide bonds. The van der Waals surface area contributed by atoms with Crippen molar-refractivity contribution in [2.45, 2.75) is 11.4 Å². The van der Waals surface area contributed by atoms with Gasteiger partial charge in [0.2, 0.25) is 0 Å². The van der Waals surface area contributed by atoms with Gasteiger partial charge in [-0.3, -0.25) is 4.68 Å². The molecule has 1 heterocycles. The van der Waals surface area contributed by atoms with Crippen molar-refractivity contribution in [2.24, 2.45) is 0 Å². The summed E-state index contributed by atoms with van der Waals surface area (Å²) in [5.74, 6) is 0. The zero-order valence-corrected chi connectivity index (χ0v) is 11.2. The first-order chi connectivity index (χ1) is 8.36. The van der Waals surface area contributed by atoms with Crippen LogP contribution in [0.5, 0.6) is 0 Å². The van der Waals surface area contributed by atoms with Gasteiger partial charge in [-0.1, -0.05) is 11.6 Å². The number of nitrogens with zero attached hydrogens (tertiary/aromatic N) is 2. The highest BCUT2D eigenvalue weighted by Gasteiger charge is 2.10. The molecule has 2 aromatic rings. The third-order valence-electron chi connectivity index (χ3n) is 2.48. The number of sulfone groups is 1. The van der Waals surface area contributed by atoms with Gasteiger partial charge in [-0.05, 0) is 23.8 Å². The van der Waals surface area contributed by atoms with Crippen molar-refractivity contribution >= 4 is 27.1 Å². The summed E-state index contributed by atoms with van der Waals surface area (Å²) in [5.41, 5.74) is 7.20. The van der Waals surface area contributed by atoms with Crippen LogP contribution in [0.15, 0.2) is 35.5 Å². The SMILES string of the molecule is CS(=O)(=O)c1cnn(Cc2cc(Cl)ccc2N)c1. The summed E-state index contributed by atoms with van der Waals surface area (Å²) < 4.78 is 24.2. The number of halogens is 1. The average Bonchev–Trinajstić information content (AvgIpc) is 2.71. The summed E-state index contributed by atoms with van der Waals surface area (Å²) in [6, 6.07) is 5.14. The molecule has 0 radical (unpaired) electrons. The molecule has 1 aromatic heterocycles. The molecule has 0 spiro atoms. The Morgan fingerprint density at radius 2 is 2.17 bits per heavy atom. The van der Waals surface area contributed by atoms with Gasteiger partial charge in [0.1, 0.15) is 4.90 Å². The fraction of sp³-hybridized carbons (Fsp3) is 0.182. The molecule has 0 aliphatic heterocycles. The van der Waals surface area contributed by atoms with Gasteiger partial charge >= 0.3 is 0 Å². The van der Waals surface area contributed by atoms with E-state index >= 15 is 0 Å². The van der Waals surface area contributed by atoms with E-state index in [0.29, 0.717) is 17.3 Å². The molecule has 0 bridgehead atoms. The predicted octanol–water partition coefficient (Wildman–Crippen LogP) is 1.57. The molecule has 1 aromatic carbocycles. The Hall–Kier alpha value is -1.53. The normalized spacial score (nSPS) is 11.7. The fourth-order valence-corrected chi connectivity index (χ4v) is 2.25. The van der Waals surface area contributed by atoms with Crippen molar-refractivity contribution in [3.63, 3.8) is 0 Å². The van der Waals surface area contributed by atoms with Crippen LogP contribution in [0.25, 0.3) is 0 Å². The van der Waals surface area contributed by atoms with Gasteiger partial charge < -0.3 is 5.73 Å². The molecule has 0 unspecified atom stereocenters. The number of aromatic nitrogens is 2. The minimum atomic E-state index is -3.23. The lowest BCUT2D eigenvalue weighted by Gasteiger charge is -2.06. The monoisotopic (exact) mass is 285 g/mol. The van der Waals surface area contributed by atoms with E-state index in [9.17, 15) is 8.42 Å². The average molecular weight is 286 g/mol. The Morgan fingerprint density at radius 1 is 1.44 bits per heavy atom. The second-order valence-corrected chi connectivity index (χ2v) is 6.44. The molecule has 0 aliphatic rings. The summed E-state index contributed by atoms with van der Waals surface area (Å²) in [6.07, 6.45) is 3.92. The lowest BCUT2D eigenvalue weighted by Crippen LogP contribution is -2.03. The number of nitrogen functional groups attached to an aromatic ring is 1. The predicted molar refractivity (Wildman–Crippen MR) is 70.3 cm³/mol. The van der Waals surface area contributed by atoms with E-state index in [1.807, 2.05) is 0 Å². The molecule has 0 fully saturated rings. The first-order valence-corrected chi connectivity index (χ1v) is 7.39. The first-order valence-electron chi connectivity index (χ1n) is 5.12. The smallest absolute Gasteiger partial charge is 0.178 e. The molecule has 18 heavy (non-hydrogen) atoms. The van der Waals surface area contributed by atoms with Crippen molar-refractivity contribution in [3.05, 3.63) is 41.2 Å². The van der Waals surface area contributed by atoms with E-state index in [2.05, 4.69) is 5.10 Å². The van der Waals surface area contributed by atoms with E-state index < -0.39 is 9.84 Å². The molecule has 2 rings (SSSR count). The Bertz CT molecular complexity index is 679. The molecular weight excluding hydrogens is 274 g/mol. The van der Waals surface area contributed by atoms with E-state index in [0.717, 1.165) is 11.8 Å². The van der Waals surface area contributed by atoms with E-state index in [4.69, 9.17) is 17.3 Å². The largest absolute Gasteiger partial charge is 0.398 e. The Balaban J connectivity index is 2.29. The van der Waals surface area contributed by atoms with E-state index in [1.165, 1.54) is 17.1 Å². The third-order valence-corrected chi connectivity index (χ3v) is 3.78. The van der Waals surface area contributed by atoms with Gasteiger partial charge in [0.25, 0.3) is 0 Å². The van der Waals surface area contributed by atoms with Crippen molar-refractivity contribution in [3.8, 4) is 0 Å². The van der Waals surface area contributed by atoms with Crippen LogP contribution < -0.4 is 5.73 Å². The van der Waals surface area contributed by atoms with Crippen LogP contribution in [0.4, 0.5) is 5.69 Å². The summed E-state index contributed by atoms with van der Waals surface area (Å²) >= 11 is 5.88. The van der Waals surface area contributed by atoms with Crippen LogP contribution in [-0.2, 0) is 16.4 Å². The second kappa shape index (κ2) is 4.62. The lowest BCUT2D eigenvalue weighted by atomic mass is 10.2. The summed E-state index contributed by atoms with van der Waals surface area (Å²) in [4.78, 5) is 0.183. The van der Waals surface area contributed by atoms with Crippen LogP contribution in [0.3, 0.4) is 0 Å². The minimum Gasteiger partial charge on any atom is -0.398 e. The number of nitrogens with two attached hydrogens (primary N) is 1. The van der Waals surface area contributed by atoms with Crippen LogP contribution in [0, 0.1) is 0 Å². The summed E-state index contributed by atoms with van der Waals surface area (Å²) in [7, 11) is -3.23. The van der Waals surface area contributed by atoms with Gasteiger partial charge in [0.15, 0.2) is 9.84 Å². The Kier molecular flexibility index (Phi) is 3.32. The Morgan fingerprint density at radius 3 is 2.78 bits per heavy atom. The Labute approximate surface area is 110 Å². The highest BCUT2D eigenvalue weighted by molar-refractivity contribution is 7.90. The summed E-state index contributed by atoms with van der Waals surface area (Å²) in [5, 5.41) is 4.57. The number of rotatable bonds is 3. The molecule has 5 nitrogen and oxygen atoms in total. The van der Waals surface area contributed by atoms with Crippen LogP contribution in [0.2, 0.25) is 5.02 Å². The molecular formula is C11H12ClN3O2S. The summed E-state index contributed by atoms with van der Waals surface area (Å²) in [6.45, 7) is 0.377. The van der Waals surface area contributed by atoms with Gasteiger partial charge in [0, 0.05) is 23.2 Å². The maximum atomic E-state index is 11.3. The molecule has 7 heteroatoms. The van der Waals surface area contributed by atoms with Crippen molar-refractivity contribution in [2.75, 3.05) is 12.0 Å². The highest BCUT2D eigenvalue weighted by Crippen LogP contribution is 2.19. The molecule has 2 N–H and O–H groups in total. The van der Waals surface area contributed by atoms with Crippen molar-refractivity contribution in [1.29, 1.82) is 0 Å². The highest BCUT2D eigenvalue weighted by atomic mass is 35.5. The molecule has 0 saturated carbocycles. The molecule has 0 saturated heterocycles. The van der Waals surface area contributed by atoms with Crippen LogP contribution >= 0.6 is 11.6 Å².